The average molecular weight is 360 g/mol. The summed E-state index contributed by atoms with van der Waals surface area (Å²) in [4.78, 5) is 23.7. The summed E-state index contributed by atoms with van der Waals surface area (Å²) >= 11 is 0. The monoisotopic (exact) mass is 360 g/mol. The molecule has 1 heterocycles. The molecule has 0 bridgehead atoms. The molecule has 2 aromatic carbocycles. The molecular weight excluding hydrogens is 344 g/mol. The van der Waals surface area contributed by atoms with Crippen LogP contribution in [0.15, 0.2) is 66.8 Å². The van der Waals surface area contributed by atoms with Gasteiger partial charge in [0.25, 0.3) is 5.91 Å². The molecule has 6 nitrogen and oxygen atoms in total. The van der Waals surface area contributed by atoms with Gasteiger partial charge in [0.1, 0.15) is 29.7 Å². The van der Waals surface area contributed by atoms with Gasteiger partial charge in [-0.3, -0.25) is 4.79 Å². The van der Waals surface area contributed by atoms with Crippen molar-refractivity contribution in [2.75, 3.05) is 13.2 Å². The number of hydrogen-bond donors (Lipinski definition) is 1. The molecule has 27 heavy (non-hydrogen) atoms. The lowest BCUT2D eigenvalue weighted by Crippen LogP contribution is -2.29. The van der Waals surface area contributed by atoms with E-state index < -0.39 is 11.9 Å². The van der Waals surface area contributed by atoms with Crippen LogP contribution < -0.4 is 10.1 Å². The predicted octanol–water partition coefficient (Wildman–Crippen LogP) is 2.96. The van der Waals surface area contributed by atoms with Crippen LogP contribution in [0.25, 0.3) is 5.57 Å². The molecule has 1 aliphatic heterocycles. The first kappa shape index (κ1) is 18.0. The van der Waals surface area contributed by atoms with E-state index in [9.17, 15) is 14.9 Å². The zero-order valence-electron chi connectivity index (χ0n) is 14.4. The maximum Gasteiger partial charge on any atom is 0.330 e. The summed E-state index contributed by atoms with van der Waals surface area (Å²) in [6.07, 6.45) is 1.04. The highest BCUT2D eigenvalue weighted by atomic mass is 16.5. The number of nitrogens with one attached hydrogen (secondary N) is 1. The molecule has 0 fully saturated rings. The molecule has 1 N–H and O–H groups in total. The van der Waals surface area contributed by atoms with Gasteiger partial charge in [-0.15, -0.1) is 0 Å². The SMILES string of the molecule is C=CC(=O)OCCNC(=O)C(C#N)=C1c2ccccc2Oc2ccccc21. The van der Waals surface area contributed by atoms with Gasteiger partial charge in [0, 0.05) is 22.8 Å². The third-order valence-electron chi connectivity index (χ3n) is 3.92. The molecule has 1 aliphatic rings. The van der Waals surface area contributed by atoms with Crippen molar-refractivity contribution in [1.82, 2.24) is 5.32 Å². The maximum absolute atomic E-state index is 12.6. The van der Waals surface area contributed by atoms with Gasteiger partial charge < -0.3 is 14.8 Å². The van der Waals surface area contributed by atoms with E-state index in [1.54, 1.807) is 24.3 Å². The van der Waals surface area contributed by atoms with Gasteiger partial charge >= 0.3 is 5.97 Å². The minimum absolute atomic E-state index is 0.0130. The lowest BCUT2D eigenvalue weighted by Gasteiger charge is -2.23. The van der Waals surface area contributed by atoms with Crippen molar-refractivity contribution >= 4 is 17.4 Å². The second-order valence-corrected chi connectivity index (χ2v) is 5.58. The predicted molar refractivity (Wildman–Crippen MR) is 98.8 cm³/mol. The quantitative estimate of drug-likeness (QED) is 0.327. The molecular formula is C21H16N2O4. The number of esters is 1. The Morgan fingerprint density at radius 3 is 2.26 bits per heavy atom. The van der Waals surface area contributed by atoms with E-state index in [0.29, 0.717) is 28.2 Å². The van der Waals surface area contributed by atoms with Crippen LogP contribution in [0.1, 0.15) is 11.1 Å². The Hall–Kier alpha value is -3.85. The van der Waals surface area contributed by atoms with Crippen LogP contribution >= 0.6 is 0 Å². The summed E-state index contributed by atoms with van der Waals surface area (Å²) in [5.41, 5.74) is 1.81. The Balaban J connectivity index is 1.94. The molecule has 0 aromatic heterocycles. The summed E-state index contributed by atoms with van der Waals surface area (Å²) in [7, 11) is 0. The summed E-state index contributed by atoms with van der Waals surface area (Å²) in [6.45, 7) is 3.36. The molecule has 6 heteroatoms. The standard InChI is InChI=1S/C21H16N2O4/c1-2-19(24)26-12-11-23-21(25)16(13-22)20-14-7-3-5-9-17(14)27-18-10-6-4-8-15(18)20/h2-10H,1,11-12H2,(H,23,25). The molecule has 0 radical (unpaired) electrons. The van der Waals surface area contributed by atoms with E-state index in [0.717, 1.165) is 6.08 Å². The number of amides is 1. The number of para-hydroxylation sites is 2. The van der Waals surface area contributed by atoms with Crippen LogP contribution in [-0.4, -0.2) is 25.0 Å². The van der Waals surface area contributed by atoms with E-state index in [1.807, 2.05) is 30.3 Å². The van der Waals surface area contributed by atoms with Crippen molar-refractivity contribution in [2.24, 2.45) is 0 Å². The van der Waals surface area contributed by atoms with E-state index in [2.05, 4.69) is 11.9 Å². The first-order valence-electron chi connectivity index (χ1n) is 8.24. The maximum atomic E-state index is 12.6. The number of hydrogen-bond acceptors (Lipinski definition) is 5. The lowest BCUT2D eigenvalue weighted by atomic mass is 9.90. The Labute approximate surface area is 156 Å². The molecule has 0 saturated carbocycles. The van der Waals surface area contributed by atoms with Gasteiger partial charge in [-0.2, -0.15) is 5.26 Å². The number of ether oxygens (including phenoxy) is 2. The molecule has 0 atom stereocenters. The van der Waals surface area contributed by atoms with Gasteiger partial charge in [0.2, 0.25) is 0 Å². The first-order valence-corrected chi connectivity index (χ1v) is 8.24. The number of nitrogens with zero attached hydrogens (tertiary/aromatic N) is 1. The van der Waals surface area contributed by atoms with E-state index in [4.69, 9.17) is 9.47 Å². The van der Waals surface area contributed by atoms with Gasteiger partial charge in [0.05, 0.1) is 6.54 Å². The second-order valence-electron chi connectivity index (χ2n) is 5.58. The topological polar surface area (TPSA) is 88.4 Å². The molecule has 2 aromatic rings. The molecule has 0 spiro atoms. The number of nitriles is 1. The van der Waals surface area contributed by atoms with Gasteiger partial charge in [0.15, 0.2) is 0 Å². The Morgan fingerprint density at radius 2 is 1.70 bits per heavy atom. The third-order valence-corrected chi connectivity index (χ3v) is 3.92. The Kier molecular flexibility index (Phi) is 5.33. The average Bonchev–Trinajstić information content (AvgIpc) is 2.71. The molecule has 3 rings (SSSR count). The molecule has 0 unspecified atom stereocenters. The third kappa shape index (κ3) is 3.72. The fraction of sp³-hybridized carbons (Fsp3) is 0.0952. The Bertz CT molecular complexity index is 938. The largest absolute Gasteiger partial charge is 0.461 e. The van der Waals surface area contributed by atoms with Crippen molar-refractivity contribution in [2.45, 2.75) is 0 Å². The minimum atomic E-state index is -0.574. The number of benzene rings is 2. The summed E-state index contributed by atoms with van der Waals surface area (Å²) in [6, 6.07) is 16.5. The van der Waals surface area contributed by atoms with Crippen molar-refractivity contribution < 1.29 is 19.1 Å². The van der Waals surface area contributed by atoms with Crippen LogP contribution in [0.3, 0.4) is 0 Å². The summed E-state index contributed by atoms with van der Waals surface area (Å²) in [5.74, 6) is 0.0300. The highest BCUT2D eigenvalue weighted by Gasteiger charge is 2.27. The van der Waals surface area contributed by atoms with Crippen LogP contribution in [0, 0.1) is 11.3 Å². The highest BCUT2D eigenvalue weighted by molar-refractivity contribution is 6.09. The fourth-order valence-corrected chi connectivity index (χ4v) is 2.74. The smallest absolute Gasteiger partial charge is 0.330 e. The minimum Gasteiger partial charge on any atom is -0.461 e. The van der Waals surface area contributed by atoms with Crippen molar-refractivity contribution in [3.63, 3.8) is 0 Å². The lowest BCUT2D eigenvalue weighted by molar-refractivity contribution is -0.138. The molecule has 134 valence electrons. The van der Waals surface area contributed by atoms with Crippen molar-refractivity contribution in [1.29, 1.82) is 5.26 Å². The molecule has 0 aliphatic carbocycles. The van der Waals surface area contributed by atoms with Crippen molar-refractivity contribution in [3.8, 4) is 17.6 Å². The van der Waals surface area contributed by atoms with E-state index in [-0.39, 0.29) is 18.7 Å². The zero-order valence-corrected chi connectivity index (χ0v) is 14.4. The fourth-order valence-electron chi connectivity index (χ4n) is 2.74. The molecule has 0 saturated heterocycles. The van der Waals surface area contributed by atoms with Crippen LogP contribution in [0.4, 0.5) is 0 Å². The van der Waals surface area contributed by atoms with Gasteiger partial charge in [-0.05, 0) is 12.1 Å². The summed E-state index contributed by atoms with van der Waals surface area (Å²) in [5, 5.41) is 12.3. The van der Waals surface area contributed by atoms with Gasteiger partial charge in [-0.25, -0.2) is 4.79 Å². The van der Waals surface area contributed by atoms with Crippen molar-refractivity contribution in [3.05, 3.63) is 77.9 Å². The van der Waals surface area contributed by atoms with Crippen LogP contribution in [0.5, 0.6) is 11.5 Å². The Morgan fingerprint density at radius 1 is 1.11 bits per heavy atom. The normalized spacial score (nSPS) is 11.1. The summed E-state index contributed by atoms with van der Waals surface area (Å²) < 4.78 is 10.7. The molecule has 1 amide bonds. The second kappa shape index (κ2) is 8.02. The van der Waals surface area contributed by atoms with E-state index in [1.165, 1.54) is 0 Å². The first-order chi connectivity index (χ1) is 13.2. The zero-order chi connectivity index (χ0) is 19.2. The van der Waals surface area contributed by atoms with Crippen LogP contribution in [0.2, 0.25) is 0 Å². The van der Waals surface area contributed by atoms with E-state index >= 15 is 0 Å². The number of carbonyl (C=O) groups excluding carboxylic acids is 2. The van der Waals surface area contributed by atoms with Gasteiger partial charge in [-0.1, -0.05) is 43.0 Å². The number of carbonyl (C=O) groups is 2. The number of fused-ring (bicyclic) bond motifs is 2. The highest BCUT2D eigenvalue weighted by Crippen LogP contribution is 2.44. The number of rotatable bonds is 5. The van der Waals surface area contributed by atoms with Crippen LogP contribution in [-0.2, 0) is 14.3 Å².